The number of aromatic amines is 1. The van der Waals surface area contributed by atoms with Gasteiger partial charge >= 0.3 is 23.1 Å². The van der Waals surface area contributed by atoms with Crippen LogP contribution in [0.25, 0.3) is 0 Å². The normalized spacial score (nSPS) is 6.67. The van der Waals surface area contributed by atoms with E-state index in [0.29, 0.717) is 0 Å². The Hall–Kier alpha value is 0.0962. The molecule has 0 aliphatic heterocycles. The molecule has 0 saturated carbocycles. The van der Waals surface area contributed by atoms with Crippen molar-refractivity contribution in [2.24, 2.45) is 0 Å². The Labute approximate surface area is 77.7 Å². The fourth-order valence-electron chi connectivity index (χ4n) is 0.377. The van der Waals surface area contributed by atoms with Crippen molar-refractivity contribution >= 4 is 35.3 Å². The van der Waals surface area contributed by atoms with Crippen LogP contribution in [0.5, 0.6) is 0 Å². The number of H-pyrrole nitrogens is 1. The Morgan fingerprint density at radius 1 is 1.44 bits per heavy atom. The van der Waals surface area contributed by atoms with E-state index in [0.717, 1.165) is 4.64 Å². The number of hydrogen-bond acceptors (Lipinski definition) is 1. The van der Waals surface area contributed by atoms with E-state index in [-0.39, 0.29) is 31.4 Å². The van der Waals surface area contributed by atoms with Crippen LogP contribution in [0.15, 0.2) is 24.4 Å². The van der Waals surface area contributed by atoms with Crippen molar-refractivity contribution in [3.05, 3.63) is 29.0 Å². The minimum absolute atomic E-state index is 0. The molecule has 4 heteroatoms. The molecule has 1 rings (SSSR count). The molecule has 3 N–H and O–H groups in total. The molecule has 0 aliphatic rings. The predicted octanol–water partition coefficient (Wildman–Crippen LogP) is 0.764. The van der Waals surface area contributed by atoms with E-state index in [1.807, 2.05) is 24.4 Å². The van der Waals surface area contributed by atoms with Gasteiger partial charge in [0, 0.05) is 6.20 Å². The van der Waals surface area contributed by atoms with E-state index >= 15 is 0 Å². The number of hydrogen-bond donors (Lipinski definition) is 1. The summed E-state index contributed by atoms with van der Waals surface area (Å²) in [7, 11) is 0. The maximum Gasteiger partial charge on any atom is 2.00 e. The summed E-state index contributed by atoms with van der Waals surface area (Å²) < 4.78 is 0.780. The Kier molecular flexibility index (Phi) is 8.18. The first kappa shape index (κ1) is 11.8. The van der Waals surface area contributed by atoms with Gasteiger partial charge in [-0.05, 0) is 12.1 Å². The minimum Gasteiger partial charge on any atom is -1.00 e. The maximum atomic E-state index is 4.76. The molecule has 0 atom stereocenters. The summed E-state index contributed by atoms with van der Waals surface area (Å²) in [6.45, 7) is 0. The fourth-order valence-corrected chi connectivity index (χ4v) is 0.523. The van der Waals surface area contributed by atoms with Gasteiger partial charge in [-0.1, -0.05) is 18.3 Å². The van der Waals surface area contributed by atoms with Crippen molar-refractivity contribution in [3.63, 3.8) is 0 Å². The van der Waals surface area contributed by atoms with Crippen molar-refractivity contribution in [3.8, 4) is 0 Å². The SMILES string of the molecule is O.S=c1cccc[nH]1.[H-].[H-].[Mg+2]. The molecular formula is C5H9MgNOS. The van der Waals surface area contributed by atoms with Crippen molar-refractivity contribution in [1.82, 2.24) is 4.98 Å². The molecule has 0 saturated heterocycles. The van der Waals surface area contributed by atoms with Crippen molar-refractivity contribution < 1.29 is 8.33 Å². The number of pyridine rings is 1. The van der Waals surface area contributed by atoms with Crippen LogP contribution < -0.4 is 0 Å². The Morgan fingerprint density at radius 2 is 2.11 bits per heavy atom. The van der Waals surface area contributed by atoms with Gasteiger partial charge in [-0.25, -0.2) is 0 Å². The van der Waals surface area contributed by atoms with E-state index in [9.17, 15) is 0 Å². The van der Waals surface area contributed by atoms with E-state index in [2.05, 4.69) is 4.98 Å². The number of aromatic nitrogens is 1. The first-order valence-electron chi connectivity index (χ1n) is 2.03. The molecule has 48 valence electrons. The van der Waals surface area contributed by atoms with Crippen LogP contribution in [-0.2, 0) is 0 Å². The second-order valence-corrected chi connectivity index (χ2v) is 1.67. The first-order valence-corrected chi connectivity index (χ1v) is 2.44. The molecule has 0 aliphatic carbocycles. The summed E-state index contributed by atoms with van der Waals surface area (Å²) in [4.78, 5) is 2.85. The van der Waals surface area contributed by atoms with E-state index < -0.39 is 0 Å². The quantitative estimate of drug-likeness (QED) is 0.437. The van der Waals surface area contributed by atoms with Crippen molar-refractivity contribution in [2.75, 3.05) is 0 Å². The van der Waals surface area contributed by atoms with E-state index in [1.54, 1.807) is 0 Å². The molecule has 0 bridgehead atoms. The molecular weight excluding hydrogens is 146 g/mol. The van der Waals surface area contributed by atoms with Crippen molar-refractivity contribution in [2.45, 2.75) is 0 Å². The van der Waals surface area contributed by atoms with Gasteiger partial charge in [0.2, 0.25) is 0 Å². The molecule has 0 spiro atoms. The van der Waals surface area contributed by atoms with Gasteiger partial charge in [0.25, 0.3) is 0 Å². The molecule has 1 aromatic heterocycles. The zero-order valence-electron chi connectivity index (χ0n) is 6.92. The molecule has 9 heavy (non-hydrogen) atoms. The van der Waals surface area contributed by atoms with E-state index in [4.69, 9.17) is 12.2 Å². The monoisotopic (exact) mass is 155 g/mol. The fraction of sp³-hybridized carbons (Fsp3) is 0. The molecule has 0 amide bonds. The number of nitrogens with one attached hydrogen (secondary N) is 1. The molecule has 0 radical (unpaired) electrons. The van der Waals surface area contributed by atoms with Crippen LogP contribution in [0.4, 0.5) is 0 Å². The Balaban J connectivity index is -0.0000000612. The van der Waals surface area contributed by atoms with Crippen LogP contribution in [0.2, 0.25) is 0 Å². The molecule has 0 aromatic carbocycles. The second-order valence-electron chi connectivity index (χ2n) is 1.23. The third-order valence-corrected chi connectivity index (χ3v) is 0.934. The first-order chi connectivity index (χ1) is 3.39. The summed E-state index contributed by atoms with van der Waals surface area (Å²) >= 11 is 4.76. The minimum atomic E-state index is 0. The molecule has 0 fully saturated rings. The van der Waals surface area contributed by atoms with Gasteiger partial charge in [-0.3, -0.25) is 0 Å². The second kappa shape index (κ2) is 6.22. The average Bonchev–Trinajstić information content (AvgIpc) is 1.69. The summed E-state index contributed by atoms with van der Waals surface area (Å²) in [5.74, 6) is 0. The average molecular weight is 156 g/mol. The topological polar surface area (TPSA) is 47.3 Å². The van der Waals surface area contributed by atoms with Gasteiger partial charge in [0.15, 0.2) is 0 Å². The maximum absolute atomic E-state index is 4.76. The van der Waals surface area contributed by atoms with Crippen LogP contribution >= 0.6 is 12.2 Å². The summed E-state index contributed by atoms with van der Waals surface area (Å²) in [6.07, 6.45) is 1.81. The van der Waals surface area contributed by atoms with Crippen LogP contribution in [0, 0.1) is 4.64 Å². The van der Waals surface area contributed by atoms with Gasteiger partial charge < -0.3 is 13.3 Å². The van der Waals surface area contributed by atoms with Gasteiger partial charge in [0.05, 0.1) is 0 Å². The van der Waals surface area contributed by atoms with Crippen LogP contribution in [-0.4, -0.2) is 33.5 Å². The predicted molar refractivity (Wildman–Crippen MR) is 43.2 cm³/mol. The molecule has 2 nitrogen and oxygen atoms in total. The summed E-state index contributed by atoms with van der Waals surface area (Å²) in [6, 6.07) is 5.64. The number of rotatable bonds is 0. The van der Waals surface area contributed by atoms with Crippen LogP contribution in [0.3, 0.4) is 0 Å². The van der Waals surface area contributed by atoms with Gasteiger partial charge in [-0.15, -0.1) is 0 Å². The summed E-state index contributed by atoms with van der Waals surface area (Å²) in [5.41, 5.74) is 0. The van der Waals surface area contributed by atoms with E-state index in [1.165, 1.54) is 0 Å². The third-order valence-electron chi connectivity index (χ3n) is 0.681. The Morgan fingerprint density at radius 3 is 2.33 bits per heavy atom. The van der Waals surface area contributed by atoms with Gasteiger partial charge in [0.1, 0.15) is 4.64 Å². The van der Waals surface area contributed by atoms with Crippen molar-refractivity contribution in [1.29, 1.82) is 0 Å². The largest absolute Gasteiger partial charge is 2.00 e. The van der Waals surface area contributed by atoms with Gasteiger partial charge in [-0.2, -0.15) is 0 Å². The molecule has 1 aromatic rings. The summed E-state index contributed by atoms with van der Waals surface area (Å²) in [5, 5.41) is 0. The standard InChI is InChI=1S/C5H5NS.Mg.H2O.2H/c7-5-3-1-2-4-6-5;;;;/h1-4H,(H,6,7);;1H2;;/q;+2;;2*-1. The zero-order valence-corrected chi connectivity index (χ0v) is 7.16. The molecule has 0 unspecified atom stereocenters. The smallest absolute Gasteiger partial charge is 1.00 e. The Bertz CT molecular complexity index is 190. The molecule has 1 heterocycles. The zero-order chi connectivity index (χ0) is 5.11. The van der Waals surface area contributed by atoms with Crippen LogP contribution in [0.1, 0.15) is 2.85 Å². The third kappa shape index (κ3) is 4.59.